The number of methoxy groups -OCH3 is 2. The first-order chi connectivity index (χ1) is 14.7. The fourth-order valence-electron chi connectivity index (χ4n) is 3.91. The van der Waals surface area contributed by atoms with Crippen LogP contribution < -0.4 is 9.47 Å². The normalized spacial score (nSPS) is 10.6. The lowest BCUT2D eigenvalue weighted by atomic mass is 9.92. The molecule has 0 saturated heterocycles. The van der Waals surface area contributed by atoms with Crippen molar-refractivity contribution in [3.63, 3.8) is 0 Å². The molecule has 148 valence electrons. The van der Waals surface area contributed by atoms with Gasteiger partial charge in [-0.05, 0) is 57.3 Å². The van der Waals surface area contributed by atoms with Crippen molar-refractivity contribution < 1.29 is 9.47 Å². The molecule has 0 radical (unpaired) electrons. The predicted octanol–water partition coefficient (Wildman–Crippen LogP) is 7.48. The van der Waals surface area contributed by atoms with E-state index in [-0.39, 0.29) is 0 Å². The molecule has 2 nitrogen and oxygen atoms in total. The van der Waals surface area contributed by atoms with Gasteiger partial charge in [-0.15, -0.1) is 0 Å². The summed E-state index contributed by atoms with van der Waals surface area (Å²) in [6.07, 6.45) is 3.75. The van der Waals surface area contributed by atoms with Gasteiger partial charge in [-0.2, -0.15) is 0 Å². The molecule has 0 N–H and O–H groups in total. The highest BCUT2D eigenvalue weighted by atomic mass is 16.5. The van der Waals surface area contributed by atoms with Crippen molar-refractivity contribution >= 4 is 22.9 Å². The Morgan fingerprint density at radius 1 is 0.567 bits per heavy atom. The lowest BCUT2D eigenvalue weighted by Gasteiger charge is -2.16. The lowest BCUT2D eigenvalue weighted by Crippen LogP contribution is -1.93. The summed E-state index contributed by atoms with van der Waals surface area (Å²) in [6.45, 7) is 7.93. The Morgan fingerprint density at radius 3 is 1.37 bits per heavy atom. The van der Waals surface area contributed by atoms with Crippen molar-refractivity contribution in [1.82, 2.24) is 0 Å². The third-order valence-corrected chi connectivity index (χ3v) is 5.42. The van der Waals surface area contributed by atoms with E-state index in [4.69, 9.17) is 9.47 Å². The SMILES string of the molecule is C=Cc1ccccc1-c1cc2cc(-c3ccccc3C=C)c(OC)cc2cc1OC. The molecular formula is C28H24O2. The van der Waals surface area contributed by atoms with Crippen LogP contribution in [0.15, 0.2) is 86.0 Å². The maximum absolute atomic E-state index is 5.74. The molecule has 0 aliphatic rings. The molecule has 30 heavy (non-hydrogen) atoms. The standard InChI is InChI=1S/C28H24O2/c1-5-19-11-7-9-13-23(19)25-15-21-16-26(24-14-10-8-12-20(24)6-2)28(30-4)18-22(21)17-27(25)29-3/h5-18H,1-2H2,3-4H3. The summed E-state index contributed by atoms with van der Waals surface area (Å²) >= 11 is 0. The van der Waals surface area contributed by atoms with Gasteiger partial charge in [0.2, 0.25) is 0 Å². The number of hydrogen-bond donors (Lipinski definition) is 0. The van der Waals surface area contributed by atoms with Crippen LogP contribution in [-0.2, 0) is 0 Å². The van der Waals surface area contributed by atoms with Crippen molar-refractivity contribution in [2.75, 3.05) is 14.2 Å². The molecule has 0 spiro atoms. The van der Waals surface area contributed by atoms with Gasteiger partial charge < -0.3 is 9.47 Å². The highest BCUT2D eigenvalue weighted by Crippen LogP contribution is 2.41. The average Bonchev–Trinajstić information content (AvgIpc) is 2.82. The zero-order chi connectivity index (χ0) is 21.1. The van der Waals surface area contributed by atoms with E-state index >= 15 is 0 Å². The predicted molar refractivity (Wildman–Crippen MR) is 128 cm³/mol. The van der Waals surface area contributed by atoms with Gasteiger partial charge >= 0.3 is 0 Å². The minimum absolute atomic E-state index is 0.818. The van der Waals surface area contributed by atoms with Gasteiger partial charge in [0.15, 0.2) is 0 Å². The largest absolute Gasteiger partial charge is 0.496 e. The van der Waals surface area contributed by atoms with E-state index in [0.717, 1.165) is 55.7 Å². The van der Waals surface area contributed by atoms with Gasteiger partial charge in [0.1, 0.15) is 11.5 Å². The quantitative estimate of drug-likeness (QED) is 0.339. The maximum Gasteiger partial charge on any atom is 0.127 e. The van der Waals surface area contributed by atoms with Gasteiger partial charge in [0.05, 0.1) is 14.2 Å². The van der Waals surface area contributed by atoms with Crippen molar-refractivity contribution in [3.05, 3.63) is 97.1 Å². The summed E-state index contributed by atoms with van der Waals surface area (Å²) in [7, 11) is 3.40. The molecule has 2 heteroatoms. The molecule has 0 amide bonds. The first-order valence-electron chi connectivity index (χ1n) is 9.83. The van der Waals surface area contributed by atoms with E-state index in [1.54, 1.807) is 14.2 Å². The zero-order valence-corrected chi connectivity index (χ0v) is 17.3. The summed E-state index contributed by atoms with van der Waals surface area (Å²) in [5.41, 5.74) is 6.40. The molecule has 0 aliphatic heterocycles. The summed E-state index contributed by atoms with van der Waals surface area (Å²) < 4.78 is 11.5. The van der Waals surface area contributed by atoms with Crippen LogP contribution in [0.2, 0.25) is 0 Å². The number of hydrogen-bond acceptors (Lipinski definition) is 2. The minimum Gasteiger partial charge on any atom is -0.496 e. The van der Waals surface area contributed by atoms with Gasteiger partial charge in [0, 0.05) is 11.1 Å². The number of rotatable bonds is 6. The van der Waals surface area contributed by atoms with E-state index in [9.17, 15) is 0 Å². The van der Waals surface area contributed by atoms with Crippen molar-refractivity contribution in [1.29, 1.82) is 0 Å². The maximum atomic E-state index is 5.74. The highest BCUT2D eigenvalue weighted by molar-refractivity contribution is 5.97. The summed E-state index contributed by atoms with van der Waals surface area (Å²) in [6, 6.07) is 24.9. The molecule has 4 aromatic rings. The average molecular weight is 392 g/mol. The van der Waals surface area contributed by atoms with Gasteiger partial charge in [-0.25, -0.2) is 0 Å². The molecule has 4 rings (SSSR count). The van der Waals surface area contributed by atoms with E-state index in [2.05, 4.69) is 61.7 Å². The molecule has 0 fully saturated rings. The van der Waals surface area contributed by atoms with Gasteiger partial charge in [-0.3, -0.25) is 0 Å². The minimum atomic E-state index is 0.818. The van der Waals surface area contributed by atoms with Gasteiger partial charge in [0.25, 0.3) is 0 Å². The fourth-order valence-corrected chi connectivity index (χ4v) is 3.91. The topological polar surface area (TPSA) is 18.5 Å². The smallest absolute Gasteiger partial charge is 0.127 e. The molecule has 4 aromatic carbocycles. The summed E-state index contributed by atoms with van der Waals surface area (Å²) in [5, 5.41) is 2.17. The Morgan fingerprint density at radius 2 is 0.967 bits per heavy atom. The first-order valence-corrected chi connectivity index (χ1v) is 9.83. The number of ether oxygens (including phenoxy) is 2. The Hall–Kier alpha value is -3.78. The Kier molecular flexibility index (Phi) is 5.40. The van der Waals surface area contributed by atoms with E-state index < -0.39 is 0 Å². The van der Waals surface area contributed by atoms with Crippen LogP contribution >= 0.6 is 0 Å². The van der Waals surface area contributed by atoms with Crippen LogP contribution in [0.4, 0.5) is 0 Å². The molecule has 0 aliphatic carbocycles. The Bertz CT molecular complexity index is 1160. The fraction of sp³-hybridized carbons (Fsp3) is 0.0714. The van der Waals surface area contributed by atoms with E-state index in [1.165, 1.54) is 0 Å². The summed E-state index contributed by atoms with van der Waals surface area (Å²) in [4.78, 5) is 0. The Balaban J connectivity index is 2.01. The first kappa shape index (κ1) is 19.5. The molecular weight excluding hydrogens is 368 g/mol. The highest BCUT2D eigenvalue weighted by Gasteiger charge is 2.15. The van der Waals surface area contributed by atoms with Crippen molar-refractivity contribution in [2.45, 2.75) is 0 Å². The summed E-state index contributed by atoms with van der Waals surface area (Å²) in [5.74, 6) is 1.64. The Labute approximate surface area is 177 Å². The second-order valence-electron chi connectivity index (χ2n) is 7.03. The molecule has 0 heterocycles. The van der Waals surface area contributed by atoms with Crippen molar-refractivity contribution in [2.24, 2.45) is 0 Å². The second-order valence-corrected chi connectivity index (χ2v) is 7.03. The molecule has 0 saturated carbocycles. The van der Waals surface area contributed by atoms with Crippen LogP contribution in [0.5, 0.6) is 11.5 Å². The third kappa shape index (κ3) is 3.37. The van der Waals surface area contributed by atoms with Crippen LogP contribution in [0, 0.1) is 0 Å². The molecule has 0 atom stereocenters. The van der Waals surface area contributed by atoms with Gasteiger partial charge in [-0.1, -0.05) is 73.8 Å². The van der Waals surface area contributed by atoms with Crippen molar-refractivity contribution in [3.8, 4) is 33.8 Å². The molecule has 0 unspecified atom stereocenters. The molecule has 0 aromatic heterocycles. The van der Waals surface area contributed by atoms with Crippen LogP contribution in [0.3, 0.4) is 0 Å². The van der Waals surface area contributed by atoms with Crippen LogP contribution in [-0.4, -0.2) is 14.2 Å². The van der Waals surface area contributed by atoms with E-state index in [1.807, 2.05) is 36.4 Å². The number of fused-ring (bicyclic) bond motifs is 1. The van der Waals surface area contributed by atoms with E-state index in [0.29, 0.717) is 0 Å². The number of benzene rings is 4. The third-order valence-electron chi connectivity index (χ3n) is 5.42. The molecule has 0 bridgehead atoms. The van der Waals surface area contributed by atoms with Crippen LogP contribution in [0.1, 0.15) is 11.1 Å². The van der Waals surface area contributed by atoms with Crippen LogP contribution in [0.25, 0.3) is 45.2 Å². The second kappa shape index (κ2) is 8.30. The monoisotopic (exact) mass is 392 g/mol. The zero-order valence-electron chi connectivity index (χ0n) is 17.3. The lowest BCUT2D eigenvalue weighted by molar-refractivity contribution is 0.415.